The molecule has 0 radical (unpaired) electrons. The minimum absolute atomic E-state index is 1.10. The lowest BCUT2D eigenvalue weighted by atomic mass is 10.2. The molecule has 0 saturated heterocycles. The maximum atomic E-state index is 3.50. The van der Waals surface area contributed by atoms with Crippen molar-refractivity contribution in [1.82, 2.24) is 4.57 Å². The Morgan fingerprint density at radius 3 is 2.14 bits per heavy atom. The van der Waals surface area contributed by atoms with Crippen LogP contribution in [0.3, 0.4) is 0 Å². The topological polar surface area (TPSA) is 17.0 Å². The lowest BCUT2D eigenvalue weighted by molar-refractivity contribution is 1.13. The summed E-state index contributed by atoms with van der Waals surface area (Å²) in [4.78, 5) is 0. The Balaban J connectivity index is 1.81. The first-order valence-electron chi connectivity index (χ1n) is 7.39. The molecule has 1 N–H and O–H groups in total. The van der Waals surface area contributed by atoms with Gasteiger partial charge in [0.25, 0.3) is 0 Å². The van der Waals surface area contributed by atoms with E-state index in [-0.39, 0.29) is 0 Å². The maximum Gasteiger partial charge on any atom is 0.0549 e. The second kappa shape index (κ2) is 5.41. The number of hydrogen-bond acceptors (Lipinski definition) is 1. The zero-order chi connectivity index (χ0) is 14.8. The monoisotopic (exact) mass is 284 g/mol. The van der Waals surface area contributed by atoms with E-state index in [2.05, 4.69) is 76.7 Å². The Morgan fingerprint density at radius 2 is 1.36 bits per heavy atom. The number of hydrogen-bond donors (Lipinski definition) is 1. The van der Waals surface area contributed by atoms with Crippen LogP contribution in [0.1, 0.15) is 0 Å². The van der Waals surface area contributed by atoms with Crippen molar-refractivity contribution in [1.29, 1.82) is 0 Å². The quantitative estimate of drug-likeness (QED) is 0.535. The second-order valence-corrected chi connectivity index (χ2v) is 5.25. The number of nitrogens with one attached hydrogen (secondary N) is 1. The number of fused-ring (bicyclic) bond motifs is 1. The van der Waals surface area contributed by atoms with E-state index < -0.39 is 0 Å². The maximum absolute atomic E-state index is 3.50. The highest BCUT2D eigenvalue weighted by atomic mass is 15.0. The van der Waals surface area contributed by atoms with Crippen LogP contribution in [0.2, 0.25) is 0 Å². The summed E-state index contributed by atoms with van der Waals surface area (Å²) in [6.45, 7) is 0. The standard InChI is InChI=1S/C20H16N2/c1-3-8-16(9-4-1)21-19-12-7-13-20-18(19)14-15-22(20)17-10-5-2-6-11-17/h1-15,21H. The van der Waals surface area contributed by atoms with Crippen LogP contribution >= 0.6 is 0 Å². The molecule has 0 unspecified atom stereocenters. The minimum Gasteiger partial charge on any atom is -0.355 e. The number of benzene rings is 3. The Kier molecular flexibility index (Phi) is 3.13. The molecular formula is C20H16N2. The van der Waals surface area contributed by atoms with E-state index in [1.807, 2.05) is 24.3 Å². The number of aromatic nitrogens is 1. The molecule has 0 saturated carbocycles. The highest BCUT2D eigenvalue weighted by Gasteiger charge is 2.06. The van der Waals surface area contributed by atoms with Crippen molar-refractivity contribution in [3.05, 3.63) is 91.1 Å². The van der Waals surface area contributed by atoms with Crippen LogP contribution in [0, 0.1) is 0 Å². The number of para-hydroxylation sites is 2. The van der Waals surface area contributed by atoms with Crippen LogP contribution in [0.5, 0.6) is 0 Å². The van der Waals surface area contributed by atoms with Gasteiger partial charge in [0.15, 0.2) is 0 Å². The van der Waals surface area contributed by atoms with E-state index >= 15 is 0 Å². The molecule has 0 fully saturated rings. The summed E-state index contributed by atoms with van der Waals surface area (Å²) < 4.78 is 2.21. The molecule has 4 rings (SSSR count). The molecule has 22 heavy (non-hydrogen) atoms. The molecule has 0 aliphatic heterocycles. The molecule has 2 nitrogen and oxygen atoms in total. The van der Waals surface area contributed by atoms with Gasteiger partial charge in [-0.15, -0.1) is 0 Å². The van der Waals surface area contributed by atoms with Gasteiger partial charge in [-0.1, -0.05) is 42.5 Å². The van der Waals surface area contributed by atoms with Crippen LogP contribution in [0.15, 0.2) is 91.1 Å². The van der Waals surface area contributed by atoms with Crippen LogP contribution in [-0.4, -0.2) is 4.57 Å². The van der Waals surface area contributed by atoms with Gasteiger partial charge < -0.3 is 9.88 Å². The SMILES string of the molecule is c1ccc(Nc2cccc3c2ccn3-c2ccccc2)cc1. The highest BCUT2D eigenvalue weighted by Crippen LogP contribution is 2.29. The fourth-order valence-corrected chi connectivity index (χ4v) is 2.77. The zero-order valence-electron chi connectivity index (χ0n) is 12.1. The molecule has 106 valence electrons. The van der Waals surface area contributed by atoms with Crippen molar-refractivity contribution in [3.8, 4) is 5.69 Å². The molecule has 0 atom stereocenters. The van der Waals surface area contributed by atoms with Crippen molar-refractivity contribution < 1.29 is 0 Å². The average Bonchev–Trinajstić information content (AvgIpc) is 3.02. The van der Waals surface area contributed by atoms with E-state index in [1.54, 1.807) is 0 Å². The second-order valence-electron chi connectivity index (χ2n) is 5.25. The molecule has 0 aliphatic carbocycles. The van der Waals surface area contributed by atoms with Gasteiger partial charge in [0, 0.05) is 28.6 Å². The van der Waals surface area contributed by atoms with Crippen LogP contribution in [-0.2, 0) is 0 Å². The molecule has 0 aliphatic rings. The highest BCUT2D eigenvalue weighted by molar-refractivity contribution is 5.95. The largest absolute Gasteiger partial charge is 0.355 e. The Labute approximate surface area is 129 Å². The smallest absolute Gasteiger partial charge is 0.0549 e. The Hall–Kier alpha value is -3.00. The van der Waals surface area contributed by atoms with Gasteiger partial charge in [-0.2, -0.15) is 0 Å². The summed E-state index contributed by atoms with van der Waals surface area (Å²) in [5, 5.41) is 4.72. The number of rotatable bonds is 3. The van der Waals surface area contributed by atoms with Crippen molar-refractivity contribution in [2.24, 2.45) is 0 Å². The molecular weight excluding hydrogens is 268 g/mol. The molecule has 1 heterocycles. The van der Waals surface area contributed by atoms with Gasteiger partial charge in [0.05, 0.1) is 5.52 Å². The molecule has 4 aromatic rings. The molecule has 2 heteroatoms. The van der Waals surface area contributed by atoms with Crippen molar-refractivity contribution >= 4 is 22.3 Å². The fraction of sp³-hybridized carbons (Fsp3) is 0. The lowest BCUT2D eigenvalue weighted by Gasteiger charge is -2.09. The summed E-state index contributed by atoms with van der Waals surface area (Å²) in [5.74, 6) is 0. The van der Waals surface area contributed by atoms with E-state index in [9.17, 15) is 0 Å². The van der Waals surface area contributed by atoms with Crippen LogP contribution < -0.4 is 5.32 Å². The summed E-state index contributed by atoms with van der Waals surface area (Å²) in [6, 6.07) is 29.2. The summed E-state index contributed by atoms with van der Waals surface area (Å²) in [6.07, 6.45) is 2.12. The summed E-state index contributed by atoms with van der Waals surface area (Å²) >= 11 is 0. The Bertz CT molecular complexity index is 893. The molecule has 0 spiro atoms. The van der Waals surface area contributed by atoms with Crippen LogP contribution in [0.25, 0.3) is 16.6 Å². The van der Waals surface area contributed by atoms with Crippen molar-refractivity contribution in [2.45, 2.75) is 0 Å². The third-order valence-electron chi connectivity index (χ3n) is 3.82. The van der Waals surface area contributed by atoms with E-state index in [1.165, 1.54) is 16.6 Å². The minimum atomic E-state index is 1.10. The van der Waals surface area contributed by atoms with E-state index in [0.717, 1.165) is 11.4 Å². The fourth-order valence-electron chi connectivity index (χ4n) is 2.77. The first-order valence-corrected chi connectivity index (χ1v) is 7.39. The van der Waals surface area contributed by atoms with Gasteiger partial charge in [0.2, 0.25) is 0 Å². The third-order valence-corrected chi connectivity index (χ3v) is 3.82. The normalized spacial score (nSPS) is 10.7. The van der Waals surface area contributed by atoms with Gasteiger partial charge >= 0.3 is 0 Å². The van der Waals surface area contributed by atoms with Crippen molar-refractivity contribution in [2.75, 3.05) is 5.32 Å². The summed E-state index contributed by atoms with van der Waals surface area (Å²) in [5.41, 5.74) is 4.60. The van der Waals surface area contributed by atoms with Crippen molar-refractivity contribution in [3.63, 3.8) is 0 Å². The lowest BCUT2D eigenvalue weighted by Crippen LogP contribution is -1.93. The summed E-state index contributed by atoms with van der Waals surface area (Å²) in [7, 11) is 0. The first-order chi connectivity index (χ1) is 10.9. The van der Waals surface area contributed by atoms with E-state index in [0.29, 0.717) is 0 Å². The predicted octanol–water partition coefficient (Wildman–Crippen LogP) is 5.37. The Morgan fingerprint density at radius 1 is 0.636 bits per heavy atom. The van der Waals surface area contributed by atoms with Gasteiger partial charge in [-0.05, 0) is 42.5 Å². The average molecular weight is 284 g/mol. The van der Waals surface area contributed by atoms with E-state index in [4.69, 9.17) is 0 Å². The van der Waals surface area contributed by atoms with Gasteiger partial charge in [-0.3, -0.25) is 0 Å². The number of anilines is 2. The number of nitrogens with zero attached hydrogens (tertiary/aromatic N) is 1. The molecule has 0 bridgehead atoms. The predicted molar refractivity (Wildman–Crippen MR) is 93.0 cm³/mol. The zero-order valence-corrected chi connectivity index (χ0v) is 12.1. The molecule has 3 aromatic carbocycles. The molecule has 1 aromatic heterocycles. The first kappa shape index (κ1) is 12.7. The molecule has 0 amide bonds. The van der Waals surface area contributed by atoms with Gasteiger partial charge in [-0.25, -0.2) is 0 Å². The van der Waals surface area contributed by atoms with Gasteiger partial charge in [0.1, 0.15) is 0 Å². The third kappa shape index (κ3) is 2.25. The van der Waals surface area contributed by atoms with Crippen LogP contribution in [0.4, 0.5) is 11.4 Å².